The molecule has 0 bridgehead atoms. The summed E-state index contributed by atoms with van der Waals surface area (Å²) in [6.07, 6.45) is 1.50. The standard InChI is InChI=1S/C19H22N4O/c1-13-4-5-16(10-14(13)2)18-11-17(21-22(18)3)19(24)23-8-6-15(12-20)7-9-23/h4-5,10-11,15H,6-9H2,1-3H3. The predicted octanol–water partition coefficient (Wildman–Crippen LogP) is 3.08. The van der Waals surface area contributed by atoms with Crippen molar-refractivity contribution in [3.63, 3.8) is 0 Å². The Bertz CT molecular complexity index is 807. The maximum atomic E-state index is 12.7. The maximum Gasteiger partial charge on any atom is 0.274 e. The van der Waals surface area contributed by atoms with Crippen LogP contribution in [0.2, 0.25) is 0 Å². The molecule has 0 spiro atoms. The van der Waals surface area contributed by atoms with Gasteiger partial charge in [0.25, 0.3) is 5.91 Å². The molecule has 1 amide bonds. The third kappa shape index (κ3) is 3.05. The van der Waals surface area contributed by atoms with Gasteiger partial charge in [-0.1, -0.05) is 12.1 Å². The van der Waals surface area contributed by atoms with Crippen LogP contribution < -0.4 is 0 Å². The number of aryl methyl sites for hydroxylation is 3. The van der Waals surface area contributed by atoms with Gasteiger partial charge in [-0.3, -0.25) is 9.48 Å². The molecule has 0 saturated carbocycles. The van der Waals surface area contributed by atoms with Crippen molar-refractivity contribution < 1.29 is 4.79 Å². The number of benzene rings is 1. The van der Waals surface area contributed by atoms with Gasteiger partial charge in [-0.05, 0) is 49.9 Å². The van der Waals surface area contributed by atoms with E-state index in [0.29, 0.717) is 18.8 Å². The van der Waals surface area contributed by atoms with E-state index in [-0.39, 0.29) is 11.8 Å². The highest BCUT2D eigenvalue weighted by atomic mass is 16.2. The first-order valence-electron chi connectivity index (χ1n) is 8.30. The van der Waals surface area contributed by atoms with Gasteiger partial charge >= 0.3 is 0 Å². The fourth-order valence-electron chi connectivity index (χ4n) is 3.12. The number of hydrogen-bond acceptors (Lipinski definition) is 3. The van der Waals surface area contributed by atoms with Crippen LogP contribution in [-0.2, 0) is 7.05 Å². The van der Waals surface area contributed by atoms with Gasteiger partial charge in [0.15, 0.2) is 5.69 Å². The average molecular weight is 322 g/mol. The fourth-order valence-corrected chi connectivity index (χ4v) is 3.12. The maximum absolute atomic E-state index is 12.7. The van der Waals surface area contributed by atoms with Crippen LogP contribution in [0.3, 0.4) is 0 Å². The van der Waals surface area contributed by atoms with Crippen molar-refractivity contribution in [3.8, 4) is 17.3 Å². The molecule has 1 fully saturated rings. The Balaban J connectivity index is 1.82. The second kappa shape index (κ2) is 6.48. The largest absolute Gasteiger partial charge is 0.337 e. The fraction of sp³-hybridized carbons (Fsp3) is 0.421. The number of hydrogen-bond donors (Lipinski definition) is 0. The highest BCUT2D eigenvalue weighted by Gasteiger charge is 2.25. The second-order valence-corrected chi connectivity index (χ2v) is 6.53. The zero-order valence-electron chi connectivity index (χ0n) is 14.4. The van der Waals surface area contributed by atoms with Crippen LogP contribution in [0, 0.1) is 31.1 Å². The van der Waals surface area contributed by atoms with Crippen molar-refractivity contribution in [2.45, 2.75) is 26.7 Å². The summed E-state index contributed by atoms with van der Waals surface area (Å²) in [5.74, 6) is 0.0287. The number of nitrogens with zero attached hydrogens (tertiary/aromatic N) is 4. The van der Waals surface area contributed by atoms with Gasteiger partial charge in [0.2, 0.25) is 0 Å². The molecular formula is C19H22N4O. The molecular weight excluding hydrogens is 300 g/mol. The highest BCUT2D eigenvalue weighted by molar-refractivity contribution is 5.93. The minimum Gasteiger partial charge on any atom is -0.337 e. The van der Waals surface area contributed by atoms with E-state index in [0.717, 1.165) is 24.1 Å². The number of amides is 1. The minimum atomic E-state index is -0.0444. The van der Waals surface area contributed by atoms with E-state index in [2.05, 4.69) is 43.2 Å². The van der Waals surface area contributed by atoms with Gasteiger partial charge in [-0.25, -0.2) is 0 Å². The summed E-state index contributed by atoms with van der Waals surface area (Å²) in [4.78, 5) is 14.5. The SMILES string of the molecule is Cc1ccc(-c2cc(C(=O)N3CCC(C#N)CC3)nn2C)cc1C. The Morgan fingerprint density at radius 1 is 1.21 bits per heavy atom. The molecule has 1 aliphatic heterocycles. The molecule has 0 radical (unpaired) electrons. The molecule has 2 aromatic rings. The summed E-state index contributed by atoms with van der Waals surface area (Å²) in [6.45, 7) is 5.43. The number of likely N-dealkylation sites (tertiary alicyclic amines) is 1. The topological polar surface area (TPSA) is 61.9 Å². The number of carbonyl (C=O) groups is 1. The highest BCUT2D eigenvalue weighted by Crippen LogP contribution is 2.24. The van der Waals surface area contributed by atoms with Crippen LogP contribution in [0.4, 0.5) is 0 Å². The number of nitriles is 1. The van der Waals surface area contributed by atoms with E-state index in [1.807, 2.05) is 13.1 Å². The molecule has 2 heterocycles. The molecule has 1 saturated heterocycles. The molecule has 1 aromatic carbocycles. The first kappa shape index (κ1) is 16.3. The molecule has 0 N–H and O–H groups in total. The van der Waals surface area contributed by atoms with Crippen molar-refractivity contribution in [1.82, 2.24) is 14.7 Å². The van der Waals surface area contributed by atoms with Gasteiger partial charge in [0, 0.05) is 31.6 Å². The lowest BCUT2D eigenvalue weighted by atomic mass is 9.98. The van der Waals surface area contributed by atoms with E-state index in [4.69, 9.17) is 5.26 Å². The Morgan fingerprint density at radius 3 is 2.54 bits per heavy atom. The Labute approximate surface area is 142 Å². The normalized spacial score (nSPS) is 15.3. The molecule has 3 rings (SSSR count). The van der Waals surface area contributed by atoms with Crippen LogP contribution in [0.1, 0.15) is 34.5 Å². The van der Waals surface area contributed by atoms with Gasteiger partial charge in [-0.15, -0.1) is 0 Å². The van der Waals surface area contributed by atoms with E-state index in [1.165, 1.54) is 11.1 Å². The second-order valence-electron chi connectivity index (χ2n) is 6.53. The quantitative estimate of drug-likeness (QED) is 0.853. The zero-order valence-corrected chi connectivity index (χ0v) is 14.4. The third-order valence-corrected chi connectivity index (χ3v) is 4.87. The van der Waals surface area contributed by atoms with Crippen molar-refractivity contribution >= 4 is 5.91 Å². The molecule has 1 aromatic heterocycles. The van der Waals surface area contributed by atoms with Crippen LogP contribution in [0.5, 0.6) is 0 Å². The van der Waals surface area contributed by atoms with Crippen LogP contribution in [-0.4, -0.2) is 33.7 Å². The Hall–Kier alpha value is -2.61. The molecule has 5 heteroatoms. The summed E-state index contributed by atoms with van der Waals surface area (Å²) >= 11 is 0. The summed E-state index contributed by atoms with van der Waals surface area (Å²) in [7, 11) is 1.86. The number of rotatable bonds is 2. The van der Waals surface area contributed by atoms with Crippen molar-refractivity contribution in [2.75, 3.05) is 13.1 Å². The molecule has 1 aliphatic rings. The predicted molar refractivity (Wildman–Crippen MR) is 92.4 cm³/mol. The summed E-state index contributed by atoms with van der Waals surface area (Å²) in [5, 5.41) is 13.4. The summed E-state index contributed by atoms with van der Waals surface area (Å²) in [5.41, 5.74) is 4.95. The number of piperidine rings is 1. The minimum absolute atomic E-state index is 0.0444. The van der Waals surface area contributed by atoms with Crippen LogP contribution >= 0.6 is 0 Å². The number of carbonyl (C=O) groups excluding carboxylic acids is 1. The van der Waals surface area contributed by atoms with Crippen molar-refractivity contribution in [3.05, 3.63) is 41.1 Å². The average Bonchev–Trinajstić information content (AvgIpc) is 2.98. The van der Waals surface area contributed by atoms with Gasteiger partial charge < -0.3 is 4.90 Å². The molecule has 5 nitrogen and oxygen atoms in total. The summed E-state index contributed by atoms with van der Waals surface area (Å²) in [6, 6.07) is 10.4. The van der Waals surface area contributed by atoms with Gasteiger partial charge in [-0.2, -0.15) is 10.4 Å². The first-order valence-corrected chi connectivity index (χ1v) is 8.30. The van der Waals surface area contributed by atoms with E-state index in [9.17, 15) is 4.79 Å². The van der Waals surface area contributed by atoms with E-state index < -0.39 is 0 Å². The number of aromatic nitrogens is 2. The van der Waals surface area contributed by atoms with Crippen LogP contribution in [0.15, 0.2) is 24.3 Å². The Morgan fingerprint density at radius 2 is 1.92 bits per heavy atom. The smallest absolute Gasteiger partial charge is 0.274 e. The lowest BCUT2D eigenvalue weighted by Crippen LogP contribution is -2.38. The zero-order chi connectivity index (χ0) is 17.3. The van der Waals surface area contributed by atoms with E-state index >= 15 is 0 Å². The van der Waals surface area contributed by atoms with Crippen molar-refractivity contribution in [1.29, 1.82) is 5.26 Å². The van der Waals surface area contributed by atoms with E-state index in [1.54, 1.807) is 9.58 Å². The van der Waals surface area contributed by atoms with Gasteiger partial charge in [0.1, 0.15) is 0 Å². The van der Waals surface area contributed by atoms with Crippen molar-refractivity contribution in [2.24, 2.45) is 13.0 Å². The van der Waals surface area contributed by atoms with Gasteiger partial charge in [0.05, 0.1) is 11.8 Å². The first-order chi connectivity index (χ1) is 11.5. The molecule has 0 unspecified atom stereocenters. The molecule has 0 aliphatic carbocycles. The summed E-state index contributed by atoms with van der Waals surface area (Å²) < 4.78 is 1.76. The third-order valence-electron chi connectivity index (χ3n) is 4.87. The molecule has 0 atom stereocenters. The van der Waals surface area contributed by atoms with Crippen LogP contribution in [0.25, 0.3) is 11.3 Å². The Kier molecular flexibility index (Phi) is 4.39. The lowest BCUT2D eigenvalue weighted by Gasteiger charge is -2.28. The molecule has 124 valence electrons. The lowest BCUT2D eigenvalue weighted by molar-refractivity contribution is 0.0700. The monoisotopic (exact) mass is 322 g/mol. The molecule has 24 heavy (non-hydrogen) atoms.